The lowest BCUT2D eigenvalue weighted by atomic mass is 10.1. The number of para-hydroxylation sites is 1. The highest BCUT2D eigenvalue weighted by molar-refractivity contribution is 6.16. The van der Waals surface area contributed by atoms with E-state index in [2.05, 4.69) is 4.98 Å². The largest absolute Gasteiger partial charge is 0.466 e. The number of alkyl halides is 1. The van der Waals surface area contributed by atoms with E-state index in [0.717, 1.165) is 22.6 Å². The minimum atomic E-state index is -0.329. The van der Waals surface area contributed by atoms with Gasteiger partial charge in [0.05, 0.1) is 17.4 Å². The number of benzene rings is 1. The minimum absolute atomic E-state index is 0.0250. The maximum Gasteiger partial charge on any atom is 0.151 e. The van der Waals surface area contributed by atoms with Crippen molar-refractivity contribution in [3.63, 3.8) is 0 Å². The Morgan fingerprint density at radius 1 is 1.38 bits per heavy atom. The number of hydrogen-bond acceptors (Lipinski definition) is 2. The minimum Gasteiger partial charge on any atom is -0.466 e. The number of aryl methyl sites for hydroxylation is 2. The molecular weight excluding hydrogens is 291 g/mol. The smallest absolute Gasteiger partial charge is 0.151 e. The molecule has 0 bridgehead atoms. The summed E-state index contributed by atoms with van der Waals surface area (Å²) in [5.74, 6) is 2.28. The fourth-order valence-corrected chi connectivity index (χ4v) is 3.05. The molecule has 110 valence electrons. The fourth-order valence-electron chi connectivity index (χ4n) is 2.86. The van der Waals surface area contributed by atoms with Crippen molar-refractivity contribution in [2.24, 2.45) is 0 Å². The van der Waals surface area contributed by atoms with E-state index < -0.39 is 0 Å². The molecule has 21 heavy (non-hydrogen) atoms. The molecule has 0 aliphatic carbocycles. The summed E-state index contributed by atoms with van der Waals surface area (Å²) < 4.78 is 21.5. The molecule has 5 heteroatoms. The van der Waals surface area contributed by atoms with Gasteiger partial charge in [0.1, 0.15) is 22.9 Å². The summed E-state index contributed by atoms with van der Waals surface area (Å²) in [4.78, 5) is 4.34. The molecule has 0 saturated carbocycles. The molecule has 0 aliphatic rings. The van der Waals surface area contributed by atoms with E-state index in [9.17, 15) is 4.39 Å². The van der Waals surface area contributed by atoms with Gasteiger partial charge in [0.15, 0.2) is 5.82 Å². The average molecular weight is 307 g/mol. The Balaban J connectivity index is 2.23. The van der Waals surface area contributed by atoms with E-state index in [4.69, 9.17) is 16.0 Å². The van der Waals surface area contributed by atoms with Crippen molar-refractivity contribution in [2.75, 3.05) is 0 Å². The van der Waals surface area contributed by atoms with E-state index in [1.54, 1.807) is 6.07 Å². The molecule has 0 N–H and O–H groups in total. The highest BCUT2D eigenvalue weighted by Gasteiger charge is 2.21. The van der Waals surface area contributed by atoms with Crippen LogP contribution in [0.4, 0.5) is 4.39 Å². The number of furan rings is 1. The van der Waals surface area contributed by atoms with Gasteiger partial charge in [-0.15, -0.1) is 11.6 Å². The van der Waals surface area contributed by atoms with Crippen molar-refractivity contribution < 1.29 is 8.81 Å². The lowest BCUT2D eigenvalue weighted by molar-refractivity contribution is 0.494. The molecule has 0 amide bonds. The predicted octanol–water partition coefficient (Wildman–Crippen LogP) is 4.73. The van der Waals surface area contributed by atoms with Crippen LogP contribution in [0.1, 0.15) is 35.9 Å². The Kier molecular flexibility index (Phi) is 3.49. The molecule has 0 aliphatic heterocycles. The molecule has 1 unspecified atom stereocenters. The van der Waals surface area contributed by atoms with Crippen LogP contribution in [-0.4, -0.2) is 9.55 Å². The summed E-state index contributed by atoms with van der Waals surface area (Å²) in [5, 5.41) is 0. The van der Waals surface area contributed by atoms with Crippen LogP contribution in [0.25, 0.3) is 11.0 Å². The zero-order valence-electron chi connectivity index (χ0n) is 12.2. The summed E-state index contributed by atoms with van der Waals surface area (Å²) in [6, 6.07) is 6.94. The Bertz CT molecular complexity index is 806. The molecule has 0 saturated heterocycles. The molecule has 2 heterocycles. The van der Waals surface area contributed by atoms with Crippen molar-refractivity contribution >= 4 is 22.6 Å². The normalized spacial score (nSPS) is 13.0. The molecule has 3 nitrogen and oxygen atoms in total. The van der Waals surface area contributed by atoms with Gasteiger partial charge in [-0.25, -0.2) is 9.37 Å². The second kappa shape index (κ2) is 5.19. The Hall–Kier alpha value is -1.81. The SMILES string of the molecule is Cc1cc(C(C)n2c(CCl)nc3c(F)cccc32)c(C)o1. The number of rotatable bonds is 3. The number of hydrogen-bond donors (Lipinski definition) is 0. The van der Waals surface area contributed by atoms with E-state index >= 15 is 0 Å². The molecule has 0 radical (unpaired) electrons. The first-order chi connectivity index (χ1) is 10.0. The monoisotopic (exact) mass is 306 g/mol. The summed E-state index contributed by atoms with van der Waals surface area (Å²) >= 11 is 6.00. The molecule has 1 aromatic carbocycles. The van der Waals surface area contributed by atoms with Gasteiger partial charge in [-0.1, -0.05) is 6.07 Å². The molecule has 3 aromatic rings. The van der Waals surface area contributed by atoms with Crippen LogP contribution >= 0.6 is 11.6 Å². The van der Waals surface area contributed by atoms with Gasteiger partial charge >= 0.3 is 0 Å². The number of aromatic nitrogens is 2. The molecule has 1 atom stereocenters. The number of imidazole rings is 1. The van der Waals surface area contributed by atoms with Crippen molar-refractivity contribution in [1.82, 2.24) is 9.55 Å². The highest BCUT2D eigenvalue weighted by Crippen LogP contribution is 2.30. The van der Waals surface area contributed by atoms with E-state index in [1.807, 2.05) is 37.5 Å². The Morgan fingerprint density at radius 3 is 2.76 bits per heavy atom. The number of halogens is 2. The first kappa shape index (κ1) is 14.1. The standard InChI is InChI=1S/C16H16ClFN2O/c1-9-7-12(11(3)21-9)10(2)20-14-6-4-5-13(18)16(14)19-15(20)8-17/h4-7,10H,8H2,1-3H3. The summed E-state index contributed by atoms with van der Waals surface area (Å²) in [5.41, 5.74) is 2.16. The van der Waals surface area contributed by atoms with Gasteiger partial charge in [-0.2, -0.15) is 0 Å². The molecule has 2 aromatic heterocycles. The second-order valence-electron chi connectivity index (χ2n) is 5.18. The molecule has 0 fully saturated rings. The predicted molar refractivity (Wildman–Crippen MR) is 81.2 cm³/mol. The molecule has 3 rings (SSSR count). The summed E-state index contributed by atoms with van der Waals surface area (Å²) in [6.45, 7) is 5.88. The van der Waals surface area contributed by atoms with E-state index in [1.165, 1.54) is 6.07 Å². The van der Waals surface area contributed by atoms with Crippen molar-refractivity contribution in [2.45, 2.75) is 32.7 Å². The van der Waals surface area contributed by atoms with Gasteiger partial charge in [-0.05, 0) is 39.0 Å². The summed E-state index contributed by atoms with van der Waals surface area (Å²) in [7, 11) is 0. The van der Waals surface area contributed by atoms with Gasteiger partial charge in [0.2, 0.25) is 0 Å². The number of nitrogens with zero attached hydrogens (tertiary/aromatic N) is 2. The third-order valence-corrected chi connectivity index (χ3v) is 4.02. The quantitative estimate of drug-likeness (QED) is 0.655. The first-order valence-electron chi connectivity index (χ1n) is 6.81. The van der Waals surface area contributed by atoms with Gasteiger partial charge < -0.3 is 8.98 Å². The van der Waals surface area contributed by atoms with Gasteiger partial charge in [0, 0.05) is 5.56 Å². The van der Waals surface area contributed by atoms with Crippen LogP contribution in [0, 0.1) is 19.7 Å². The van der Waals surface area contributed by atoms with Crippen LogP contribution in [0.15, 0.2) is 28.7 Å². The van der Waals surface area contributed by atoms with Gasteiger partial charge in [-0.3, -0.25) is 0 Å². The van der Waals surface area contributed by atoms with Crippen LogP contribution in [0.2, 0.25) is 0 Å². The maximum atomic E-state index is 13.9. The van der Waals surface area contributed by atoms with Crippen LogP contribution in [-0.2, 0) is 5.88 Å². The summed E-state index contributed by atoms with van der Waals surface area (Å²) in [6.07, 6.45) is 0. The topological polar surface area (TPSA) is 31.0 Å². The fraction of sp³-hybridized carbons (Fsp3) is 0.312. The lowest BCUT2D eigenvalue weighted by Crippen LogP contribution is -2.10. The first-order valence-corrected chi connectivity index (χ1v) is 7.34. The maximum absolute atomic E-state index is 13.9. The van der Waals surface area contributed by atoms with Gasteiger partial charge in [0.25, 0.3) is 0 Å². The van der Waals surface area contributed by atoms with E-state index in [0.29, 0.717) is 11.3 Å². The lowest BCUT2D eigenvalue weighted by Gasteiger charge is -2.16. The highest BCUT2D eigenvalue weighted by atomic mass is 35.5. The van der Waals surface area contributed by atoms with Crippen LogP contribution < -0.4 is 0 Å². The zero-order valence-corrected chi connectivity index (χ0v) is 12.9. The number of fused-ring (bicyclic) bond motifs is 1. The second-order valence-corrected chi connectivity index (χ2v) is 5.45. The van der Waals surface area contributed by atoms with Crippen molar-refractivity contribution in [3.05, 3.63) is 53.0 Å². The third kappa shape index (κ3) is 2.23. The van der Waals surface area contributed by atoms with Crippen LogP contribution in [0.5, 0.6) is 0 Å². The van der Waals surface area contributed by atoms with Crippen molar-refractivity contribution in [1.29, 1.82) is 0 Å². The van der Waals surface area contributed by atoms with Crippen LogP contribution in [0.3, 0.4) is 0 Å². The molecular formula is C16H16ClFN2O. The molecule has 0 spiro atoms. The average Bonchev–Trinajstić information content (AvgIpc) is 2.99. The third-order valence-electron chi connectivity index (χ3n) is 3.78. The Labute approximate surface area is 127 Å². The Morgan fingerprint density at radius 2 is 2.14 bits per heavy atom. The zero-order chi connectivity index (χ0) is 15.1. The van der Waals surface area contributed by atoms with E-state index in [-0.39, 0.29) is 17.7 Å². The van der Waals surface area contributed by atoms with Crippen molar-refractivity contribution in [3.8, 4) is 0 Å².